The summed E-state index contributed by atoms with van der Waals surface area (Å²) in [5, 5.41) is 2.28. The molecule has 2 amide bonds. The number of carbonyl (C=O) groups is 3. The van der Waals surface area contributed by atoms with Crippen LogP contribution >= 0.6 is 0 Å². The second kappa shape index (κ2) is 5.55. The Hall–Kier alpha value is -2.09. The number of amides is 2. The maximum atomic E-state index is 10.5. The lowest BCUT2D eigenvalue weighted by molar-refractivity contribution is -0.131. The molecular formula is C5H6N4O4. The van der Waals surface area contributed by atoms with Crippen LogP contribution in [0.5, 0.6) is 0 Å². The Morgan fingerprint density at radius 2 is 2.00 bits per heavy atom. The molecule has 0 unspecified atom stereocenters. The number of carbonyl (C=O) groups excluding carboxylic acids is 3. The fraction of sp³-hybridized carbons (Fsp3) is 0. The van der Waals surface area contributed by atoms with Gasteiger partial charge < -0.3 is 4.74 Å². The second-order valence-corrected chi connectivity index (χ2v) is 1.64. The van der Waals surface area contributed by atoms with Crippen molar-refractivity contribution in [3.63, 3.8) is 0 Å². The molecule has 0 aliphatic heterocycles. The van der Waals surface area contributed by atoms with Gasteiger partial charge in [-0.2, -0.15) is 5.53 Å². The number of nitrogens with one attached hydrogen (secondary N) is 2. The van der Waals surface area contributed by atoms with Crippen molar-refractivity contribution in [2.24, 2.45) is 11.0 Å². The molecule has 70 valence electrons. The minimum atomic E-state index is -1.36. The summed E-state index contributed by atoms with van der Waals surface area (Å²) in [6, 6.07) is 0. The first-order valence-electron chi connectivity index (χ1n) is 2.92. The first kappa shape index (κ1) is 10.9. The van der Waals surface area contributed by atoms with Crippen molar-refractivity contribution in [1.82, 2.24) is 5.43 Å². The summed E-state index contributed by atoms with van der Waals surface area (Å²) in [6.45, 7) is 0. The van der Waals surface area contributed by atoms with E-state index in [0.717, 1.165) is 6.08 Å². The van der Waals surface area contributed by atoms with Crippen molar-refractivity contribution >= 4 is 18.0 Å². The van der Waals surface area contributed by atoms with E-state index in [1.165, 1.54) is 0 Å². The third-order valence-electron chi connectivity index (χ3n) is 0.792. The summed E-state index contributed by atoms with van der Waals surface area (Å²) in [7, 11) is 0. The van der Waals surface area contributed by atoms with E-state index in [4.69, 9.17) is 5.53 Å². The monoisotopic (exact) mass is 186 g/mol. The number of esters is 1. The highest BCUT2D eigenvalue weighted by Gasteiger charge is 2.04. The van der Waals surface area contributed by atoms with Crippen molar-refractivity contribution in [3.8, 4) is 0 Å². The van der Waals surface area contributed by atoms with Crippen LogP contribution in [0, 0.1) is 5.53 Å². The zero-order valence-electron chi connectivity index (χ0n) is 6.31. The van der Waals surface area contributed by atoms with E-state index in [9.17, 15) is 14.4 Å². The molecule has 4 N–H and O–H groups in total. The molecule has 8 nitrogen and oxygen atoms in total. The Morgan fingerprint density at radius 1 is 1.38 bits per heavy atom. The Kier molecular flexibility index (Phi) is 4.65. The molecule has 0 fully saturated rings. The zero-order valence-corrected chi connectivity index (χ0v) is 6.31. The molecule has 0 aromatic carbocycles. The molecule has 13 heavy (non-hydrogen) atoms. The maximum Gasteiger partial charge on any atom is 0.459 e. The Morgan fingerprint density at radius 3 is 2.46 bits per heavy atom. The molecular weight excluding hydrogens is 180 g/mol. The lowest BCUT2D eigenvalue weighted by Gasteiger charge is -1.91. The number of ether oxygens (including phenoxy) is 1. The Bertz CT molecular complexity index is 272. The van der Waals surface area contributed by atoms with Crippen LogP contribution in [0.15, 0.2) is 17.3 Å². The number of rotatable bonds is 2. The van der Waals surface area contributed by atoms with Crippen molar-refractivity contribution in [3.05, 3.63) is 12.2 Å². The summed E-state index contributed by atoms with van der Waals surface area (Å²) in [5.74, 6) is 2.83. The molecule has 0 aliphatic rings. The zero-order chi connectivity index (χ0) is 10.3. The number of nitrogens with two attached hydrogens (primary N) is 1. The van der Waals surface area contributed by atoms with E-state index in [1.807, 2.05) is 0 Å². The van der Waals surface area contributed by atoms with E-state index in [-0.39, 0.29) is 0 Å². The van der Waals surface area contributed by atoms with Gasteiger partial charge >= 0.3 is 12.1 Å². The van der Waals surface area contributed by atoms with Crippen LogP contribution in [0.25, 0.3) is 0 Å². The predicted molar refractivity (Wildman–Crippen MR) is 38.1 cm³/mol. The van der Waals surface area contributed by atoms with Crippen LogP contribution in [0.4, 0.5) is 4.79 Å². The minimum absolute atomic E-state index is 0.672. The van der Waals surface area contributed by atoms with Crippen LogP contribution < -0.4 is 11.3 Å². The van der Waals surface area contributed by atoms with Gasteiger partial charge in [-0.3, -0.25) is 10.2 Å². The minimum Gasteiger partial charge on any atom is -0.370 e. The van der Waals surface area contributed by atoms with Crippen LogP contribution in [0.2, 0.25) is 0 Å². The van der Waals surface area contributed by atoms with Gasteiger partial charge in [0.2, 0.25) is 0 Å². The predicted octanol–water partition coefficient (Wildman–Crippen LogP) is -0.773. The first-order valence-corrected chi connectivity index (χ1v) is 2.92. The third kappa shape index (κ3) is 5.21. The summed E-state index contributed by atoms with van der Waals surface area (Å²) < 4.78 is 3.85. The molecule has 0 bridgehead atoms. The highest BCUT2D eigenvalue weighted by molar-refractivity contribution is 5.97. The average Bonchev–Trinajstić information content (AvgIpc) is 2.13. The van der Waals surface area contributed by atoms with Crippen molar-refractivity contribution in [2.45, 2.75) is 0 Å². The normalized spacial score (nSPS) is 9.31. The number of hydrogen-bond donors (Lipinski definition) is 3. The fourth-order valence-electron chi connectivity index (χ4n) is 0.335. The van der Waals surface area contributed by atoms with Crippen molar-refractivity contribution < 1.29 is 19.1 Å². The molecule has 0 aromatic heterocycles. The lowest BCUT2D eigenvalue weighted by Crippen LogP contribution is -2.28. The van der Waals surface area contributed by atoms with Crippen LogP contribution in [0.3, 0.4) is 0 Å². The second-order valence-electron chi connectivity index (χ2n) is 1.64. The number of hydrogen-bond acceptors (Lipinski definition) is 6. The van der Waals surface area contributed by atoms with Crippen LogP contribution in [0.1, 0.15) is 0 Å². The topological polar surface area (TPSA) is 135 Å². The van der Waals surface area contributed by atoms with Gasteiger partial charge in [0.05, 0.1) is 0 Å². The summed E-state index contributed by atoms with van der Waals surface area (Å²) in [6.07, 6.45) is 0.0768. The molecule has 0 rings (SSSR count). The maximum absolute atomic E-state index is 10.5. The molecule has 0 radical (unpaired) electrons. The van der Waals surface area contributed by atoms with Crippen molar-refractivity contribution in [1.29, 1.82) is 5.53 Å². The van der Waals surface area contributed by atoms with E-state index < -0.39 is 18.0 Å². The lowest BCUT2D eigenvalue weighted by atomic mass is 10.5. The molecule has 0 spiro atoms. The number of hydrazine groups is 1. The summed E-state index contributed by atoms with van der Waals surface area (Å²) in [5.41, 5.74) is 7.84. The van der Waals surface area contributed by atoms with Gasteiger partial charge in [0.15, 0.2) is 0 Å². The van der Waals surface area contributed by atoms with E-state index >= 15 is 0 Å². The molecule has 0 aromatic rings. The smallest absolute Gasteiger partial charge is 0.370 e. The molecule has 0 saturated heterocycles. The highest BCUT2D eigenvalue weighted by atomic mass is 16.6. The first-order chi connectivity index (χ1) is 6.10. The molecule has 8 heteroatoms. The molecule has 0 aliphatic carbocycles. The van der Waals surface area contributed by atoms with E-state index in [0.29, 0.717) is 6.08 Å². The summed E-state index contributed by atoms with van der Waals surface area (Å²) in [4.78, 5) is 31.1. The summed E-state index contributed by atoms with van der Waals surface area (Å²) >= 11 is 0. The highest BCUT2D eigenvalue weighted by Crippen LogP contribution is 1.86. The van der Waals surface area contributed by atoms with E-state index in [2.05, 4.69) is 15.7 Å². The molecule has 0 heterocycles. The third-order valence-corrected chi connectivity index (χ3v) is 0.792. The average molecular weight is 186 g/mol. The van der Waals surface area contributed by atoms with E-state index in [1.54, 1.807) is 5.43 Å². The van der Waals surface area contributed by atoms with Gasteiger partial charge in [0.1, 0.15) is 0 Å². The largest absolute Gasteiger partial charge is 0.459 e. The van der Waals surface area contributed by atoms with Gasteiger partial charge in [-0.15, -0.1) is 0 Å². The molecule has 0 saturated carbocycles. The van der Waals surface area contributed by atoms with Crippen molar-refractivity contribution in [2.75, 3.05) is 0 Å². The van der Waals surface area contributed by atoms with Gasteiger partial charge in [0, 0.05) is 12.2 Å². The van der Waals surface area contributed by atoms with Gasteiger partial charge in [-0.1, -0.05) is 5.11 Å². The molecule has 0 atom stereocenters. The SMILES string of the molecule is N=NC(=O)OC(=O)/C=C\C(=O)NN. The van der Waals surface area contributed by atoms with Crippen LogP contribution in [-0.4, -0.2) is 18.0 Å². The fourth-order valence-corrected chi connectivity index (χ4v) is 0.335. The quantitative estimate of drug-likeness (QED) is 0.0988. The van der Waals surface area contributed by atoms with Crippen LogP contribution in [-0.2, 0) is 14.3 Å². The standard InChI is InChI=1S/C5H6N4O4/c6-8-3(10)1-2-4(11)13-5(12)9-7/h1-2,7H,6H2,(H,8,10)/b2-1-,9-7?. The number of nitrogens with zero attached hydrogens (tertiary/aromatic N) is 1. The van der Waals surface area contributed by atoms with Gasteiger partial charge in [-0.05, 0) is 0 Å². The Labute approximate surface area is 72.2 Å². The van der Waals surface area contributed by atoms with Gasteiger partial charge in [-0.25, -0.2) is 15.4 Å². The Balaban J connectivity index is 4.01. The van der Waals surface area contributed by atoms with Gasteiger partial charge in [0.25, 0.3) is 5.91 Å².